The summed E-state index contributed by atoms with van der Waals surface area (Å²) < 4.78 is 12.9. The molecule has 2 aromatic carbocycles. The van der Waals surface area contributed by atoms with Crippen LogP contribution >= 0.6 is 0 Å². The zero-order valence-corrected chi connectivity index (χ0v) is 22.6. The van der Waals surface area contributed by atoms with E-state index in [4.69, 9.17) is 9.47 Å². The fraction of sp³-hybridized carbons (Fsp3) is 0.576. The van der Waals surface area contributed by atoms with Crippen LogP contribution in [0.25, 0.3) is 0 Å². The second kappa shape index (κ2) is 14.6. The molecule has 0 bridgehead atoms. The molecule has 0 amide bonds. The van der Waals surface area contributed by atoms with Gasteiger partial charge in [0, 0.05) is 0 Å². The van der Waals surface area contributed by atoms with E-state index in [2.05, 4.69) is 82.8 Å². The van der Waals surface area contributed by atoms with Gasteiger partial charge in [-0.2, -0.15) is 0 Å². The first-order chi connectivity index (χ1) is 16.9. The zero-order valence-electron chi connectivity index (χ0n) is 22.6. The van der Waals surface area contributed by atoms with Crippen LogP contribution in [0.4, 0.5) is 0 Å². The smallest absolute Gasteiger partial charge is 0.181 e. The number of benzene rings is 2. The Kier molecular flexibility index (Phi) is 11.6. The molecule has 0 N–H and O–H groups in total. The molecule has 3 rings (SSSR count). The van der Waals surface area contributed by atoms with Gasteiger partial charge in [-0.1, -0.05) is 140 Å². The minimum absolute atomic E-state index is 0.109. The first-order valence-electron chi connectivity index (χ1n) is 14.0. The number of rotatable bonds is 15. The summed E-state index contributed by atoms with van der Waals surface area (Å²) in [6.45, 7) is 13.9. The zero-order chi connectivity index (χ0) is 25.0. The molecular formula is C33H48O2. The predicted molar refractivity (Wildman–Crippen MR) is 148 cm³/mol. The van der Waals surface area contributed by atoms with Crippen LogP contribution in [-0.4, -0.2) is 6.29 Å². The van der Waals surface area contributed by atoms with Crippen LogP contribution < -0.4 is 0 Å². The van der Waals surface area contributed by atoms with Crippen molar-refractivity contribution in [2.24, 2.45) is 17.8 Å². The van der Waals surface area contributed by atoms with Crippen molar-refractivity contribution in [2.75, 3.05) is 0 Å². The maximum atomic E-state index is 6.45. The van der Waals surface area contributed by atoms with Gasteiger partial charge in [0.1, 0.15) is 12.2 Å². The van der Waals surface area contributed by atoms with Gasteiger partial charge in [0.25, 0.3) is 0 Å². The largest absolute Gasteiger partial charge is 0.338 e. The van der Waals surface area contributed by atoms with Gasteiger partial charge in [0.05, 0.1) is 0 Å². The van der Waals surface area contributed by atoms with E-state index in [1.807, 2.05) is 12.1 Å². The summed E-state index contributed by atoms with van der Waals surface area (Å²) in [5.41, 5.74) is 3.38. The third-order valence-corrected chi connectivity index (χ3v) is 7.47. The van der Waals surface area contributed by atoms with Crippen molar-refractivity contribution in [1.29, 1.82) is 0 Å². The molecule has 1 fully saturated rings. The average molecular weight is 477 g/mol. The molecule has 2 nitrogen and oxygen atoms in total. The summed E-state index contributed by atoms with van der Waals surface area (Å²) in [5, 5.41) is 0. The van der Waals surface area contributed by atoms with E-state index in [1.54, 1.807) is 0 Å². The van der Waals surface area contributed by atoms with E-state index in [9.17, 15) is 0 Å². The second-order valence-electron chi connectivity index (χ2n) is 11.3. The summed E-state index contributed by atoms with van der Waals surface area (Å²) in [7, 11) is 0. The van der Waals surface area contributed by atoms with Gasteiger partial charge in [-0.05, 0) is 47.3 Å². The van der Waals surface area contributed by atoms with Gasteiger partial charge in [-0.25, -0.2) is 0 Å². The predicted octanol–water partition coefficient (Wildman–Crippen LogP) is 9.84. The Morgan fingerprint density at radius 2 is 1.09 bits per heavy atom. The molecule has 1 saturated heterocycles. The maximum absolute atomic E-state index is 6.45. The highest BCUT2D eigenvalue weighted by atomic mass is 16.7. The highest BCUT2D eigenvalue weighted by Gasteiger charge is 2.39. The molecule has 0 radical (unpaired) electrons. The Labute approximate surface area is 215 Å². The van der Waals surface area contributed by atoms with Crippen LogP contribution in [0.3, 0.4) is 0 Å². The quantitative estimate of drug-likeness (QED) is 0.238. The first kappa shape index (κ1) is 27.7. The Balaban J connectivity index is 1.41. The topological polar surface area (TPSA) is 18.5 Å². The highest BCUT2D eigenvalue weighted by Crippen LogP contribution is 2.44. The summed E-state index contributed by atoms with van der Waals surface area (Å²) in [6.07, 6.45) is 11.0. The van der Waals surface area contributed by atoms with Crippen molar-refractivity contribution < 1.29 is 9.47 Å². The van der Waals surface area contributed by atoms with Crippen molar-refractivity contribution in [1.82, 2.24) is 0 Å². The molecule has 1 aliphatic heterocycles. The maximum Gasteiger partial charge on any atom is 0.181 e. The molecule has 4 atom stereocenters. The molecule has 4 unspecified atom stereocenters. The van der Waals surface area contributed by atoms with Crippen LogP contribution in [0, 0.1) is 17.8 Å². The minimum atomic E-state index is -0.340. The van der Waals surface area contributed by atoms with Crippen molar-refractivity contribution in [3.8, 4) is 0 Å². The monoisotopic (exact) mass is 476 g/mol. The Hall–Kier alpha value is -1.90. The molecule has 35 heavy (non-hydrogen) atoms. The number of hydrogen-bond donors (Lipinski definition) is 0. The number of hydrogen-bond acceptors (Lipinski definition) is 2. The van der Waals surface area contributed by atoms with E-state index in [0.29, 0.717) is 0 Å². The van der Waals surface area contributed by atoms with E-state index < -0.39 is 0 Å². The van der Waals surface area contributed by atoms with Crippen LogP contribution in [-0.2, 0) is 9.47 Å². The Bertz CT molecular complexity index is 796. The first-order valence-corrected chi connectivity index (χ1v) is 14.0. The lowest BCUT2D eigenvalue weighted by Gasteiger charge is -2.17. The lowest BCUT2D eigenvalue weighted by atomic mass is 9.91. The van der Waals surface area contributed by atoms with Crippen molar-refractivity contribution in [2.45, 2.75) is 104 Å². The second-order valence-corrected chi connectivity index (χ2v) is 11.3. The van der Waals surface area contributed by atoms with Crippen LogP contribution in [0.5, 0.6) is 0 Å². The van der Waals surface area contributed by atoms with Crippen LogP contribution in [0.15, 0.2) is 72.8 Å². The summed E-state index contributed by atoms with van der Waals surface area (Å²) in [4.78, 5) is 0. The van der Waals surface area contributed by atoms with Gasteiger partial charge < -0.3 is 9.47 Å². The third kappa shape index (κ3) is 9.24. The lowest BCUT2D eigenvalue weighted by Crippen LogP contribution is -2.11. The third-order valence-electron chi connectivity index (χ3n) is 7.47. The van der Waals surface area contributed by atoms with Gasteiger partial charge >= 0.3 is 0 Å². The Morgan fingerprint density at radius 1 is 0.657 bits per heavy atom. The number of ether oxygens (including phenoxy) is 2. The molecule has 192 valence electrons. The van der Waals surface area contributed by atoms with Crippen molar-refractivity contribution in [3.63, 3.8) is 0 Å². The summed E-state index contributed by atoms with van der Waals surface area (Å²) in [6, 6.07) is 20.9. The molecular weight excluding hydrogens is 428 g/mol. The molecule has 0 spiro atoms. The molecule has 0 aromatic heterocycles. The van der Waals surface area contributed by atoms with E-state index in [1.165, 1.54) is 44.9 Å². The van der Waals surface area contributed by atoms with Crippen molar-refractivity contribution in [3.05, 3.63) is 83.9 Å². The summed E-state index contributed by atoms with van der Waals surface area (Å²) in [5.74, 6) is 2.48. The van der Waals surface area contributed by atoms with Crippen molar-refractivity contribution >= 4 is 0 Å². The molecule has 1 heterocycles. The SMILES string of the molecule is C=C(CCCC(C)CCCC(C)CCCC(C)C)C1OC(c2ccccc2)C(c2ccccc2)O1. The fourth-order valence-electron chi connectivity index (χ4n) is 5.20. The standard InChI is InChI=1S/C33H48O2/c1-25(2)15-12-16-26(3)17-13-18-27(4)19-14-20-28(5)33-34-31(29-21-8-6-9-22-29)32(35-33)30-23-10-7-11-24-30/h6-11,21-27,31-33H,5,12-20H2,1-4H3. The lowest BCUT2D eigenvalue weighted by molar-refractivity contribution is -0.0399. The van der Waals surface area contributed by atoms with Crippen LogP contribution in [0.2, 0.25) is 0 Å². The van der Waals surface area contributed by atoms with Gasteiger partial charge in [0.15, 0.2) is 6.29 Å². The molecule has 2 aromatic rings. The average Bonchev–Trinajstić information content (AvgIpc) is 3.31. The Morgan fingerprint density at radius 3 is 1.54 bits per heavy atom. The van der Waals surface area contributed by atoms with E-state index >= 15 is 0 Å². The minimum Gasteiger partial charge on any atom is -0.338 e. The summed E-state index contributed by atoms with van der Waals surface area (Å²) >= 11 is 0. The normalized spacial score (nSPS) is 21.8. The van der Waals surface area contributed by atoms with E-state index in [-0.39, 0.29) is 18.5 Å². The van der Waals surface area contributed by atoms with Gasteiger partial charge in [-0.15, -0.1) is 0 Å². The van der Waals surface area contributed by atoms with Gasteiger partial charge in [0.2, 0.25) is 0 Å². The highest BCUT2D eigenvalue weighted by molar-refractivity contribution is 5.27. The molecule has 2 heteroatoms. The van der Waals surface area contributed by atoms with E-state index in [0.717, 1.165) is 47.3 Å². The van der Waals surface area contributed by atoms with Gasteiger partial charge in [-0.3, -0.25) is 0 Å². The fourth-order valence-corrected chi connectivity index (χ4v) is 5.20. The molecule has 0 saturated carbocycles. The van der Waals surface area contributed by atoms with Crippen LogP contribution in [0.1, 0.15) is 109 Å². The molecule has 1 aliphatic rings. The molecule has 0 aliphatic carbocycles.